The quantitative estimate of drug-likeness (QED) is 0.696. The number of carbonyl (C=O) groups excluding carboxylic acids is 2. The number of halogens is 1. The van der Waals surface area contributed by atoms with E-state index in [2.05, 4.69) is 22.0 Å². The van der Waals surface area contributed by atoms with Crippen LogP contribution in [-0.2, 0) is 9.59 Å². The molecule has 3 N–H and O–H groups in total. The van der Waals surface area contributed by atoms with Crippen molar-refractivity contribution in [3.8, 4) is 0 Å². The molecule has 0 spiro atoms. The average molecular weight is 336 g/mol. The number of benzene rings is 1. The molecular weight excluding hydrogens is 314 g/mol. The average Bonchev–Trinajstić information content (AvgIpc) is 2.53. The third-order valence-electron chi connectivity index (χ3n) is 3.71. The van der Waals surface area contributed by atoms with Gasteiger partial charge in [-0.15, -0.1) is 0 Å². The van der Waals surface area contributed by atoms with Gasteiger partial charge in [-0.2, -0.15) is 0 Å². The van der Waals surface area contributed by atoms with Crippen LogP contribution in [-0.4, -0.2) is 31.4 Å². The minimum Gasteiger partial charge on any atom is -0.352 e. The molecule has 0 saturated heterocycles. The van der Waals surface area contributed by atoms with E-state index in [1.54, 1.807) is 12.1 Å². The Morgan fingerprint density at radius 2 is 2.04 bits per heavy atom. The summed E-state index contributed by atoms with van der Waals surface area (Å²) in [5.74, 6) is -0.253. The smallest absolute Gasteiger partial charge is 0.222 e. The summed E-state index contributed by atoms with van der Waals surface area (Å²) in [6, 6.07) is 6.80. The minimum atomic E-state index is -0.355. The molecule has 1 atom stereocenters. The first-order valence-electron chi connectivity index (χ1n) is 7.72. The predicted octanol–water partition coefficient (Wildman–Crippen LogP) is 1.94. The van der Waals surface area contributed by atoms with Crippen LogP contribution in [0.15, 0.2) is 35.9 Å². The third kappa shape index (κ3) is 6.04. The molecule has 0 saturated carbocycles. The fraction of sp³-hybridized carbons (Fsp3) is 0.412. The molecule has 0 radical (unpaired) electrons. The molecule has 0 bridgehead atoms. The van der Waals surface area contributed by atoms with Gasteiger partial charge in [-0.3, -0.25) is 9.59 Å². The molecule has 6 heteroatoms. The Morgan fingerprint density at radius 3 is 2.65 bits per heavy atom. The summed E-state index contributed by atoms with van der Waals surface area (Å²) in [6.45, 7) is 3.81. The highest BCUT2D eigenvalue weighted by Gasteiger charge is 2.17. The van der Waals surface area contributed by atoms with Crippen LogP contribution < -0.4 is 16.0 Å². The summed E-state index contributed by atoms with van der Waals surface area (Å²) in [4.78, 5) is 23.6. The molecular formula is C17H22ClN3O2. The number of carbonyl (C=O) groups is 2. The number of hydrogen-bond donors (Lipinski definition) is 3. The highest BCUT2D eigenvalue weighted by atomic mass is 35.5. The first-order chi connectivity index (χ1) is 11.0. The first kappa shape index (κ1) is 17.5. The van der Waals surface area contributed by atoms with Gasteiger partial charge in [0.25, 0.3) is 0 Å². The molecule has 23 heavy (non-hydrogen) atoms. The van der Waals surface area contributed by atoms with Crippen LogP contribution in [0.2, 0.25) is 5.02 Å². The van der Waals surface area contributed by atoms with Gasteiger partial charge in [0.2, 0.25) is 11.8 Å². The van der Waals surface area contributed by atoms with Crippen molar-refractivity contribution in [2.24, 2.45) is 0 Å². The Hall–Kier alpha value is -1.85. The second-order valence-electron chi connectivity index (χ2n) is 5.60. The van der Waals surface area contributed by atoms with Crippen LogP contribution in [0, 0.1) is 0 Å². The van der Waals surface area contributed by atoms with Gasteiger partial charge < -0.3 is 16.0 Å². The number of hydrogen-bond acceptors (Lipinski definition) is 3. The van der Waals surface area contributed by atoms with E-state index in [1.165, 1.54) is 12.5 Å². The van der Waals surface area contributed by atoms with Crippen molar-refractivity contribution in [3.05, 3.63) is 46.5 Å². The molecule has 2 amide bonds. The molecule has 1 aliphatic heterocycles. The third-order valence-corrected chi connectivity index (χ3v) is 3.96. The zero-order valence-corrected chi connectivity index (χ0v) is 14.0. The van der Waals surface area contributed by atoms with Crippen LogP contribution >= 0.6 is 11.6 Å². The Labute approximate surface area is 141 Å². The first-order valence-corrected chi connectivity index (χ1v) is 8.10. The number of rotatable bonds is 6. The molecule has 1 heterocycles. The van der Waals surface area contributed by atoms with Crippen LogP contribution in [0.5, 0.6) is 0 Å². The Morgan fingerprint density at radius 1 is 1.30 bits per heavy atom. The maximum Gasteiger partial charge on any atom is 0.222 e. The van der Waals surface area contributed by atoms with E-state index < -0.39 is 0 Å². The van der Waals surface area contributed by atoms with Crippen molar-refractivity contribution in [1.82, 2.24) is 16.0 Å². The van der Waals surface area contributed by atoms with Gasteiger partial charge >= 0.3 is 0 Å². The lowest BCUT2D eigenvalue weighted by atomic mass is 10.0. The lowest BCUT2D eigenvalue weighted by molar-refractivity contribution is -0.122. The monoisotopic (exact) mass is 335 g/mol. The van der Waals surface area contributed by atoms with E-state index in [4.69, 9.17) is 11.6 Å². The van der Waals surface area contributed by atoms with Crippen LogP contribution in [0.1, 0.15) is 31.4 Å². The minimum absolute atomic E-state index is 0.0851. The second kappa shape index (κ2) is 8.70. The maximum absolute atomic E-state index is 12.2. The normalized spacial score (nSPS) is 15.5. The van der Waals surface area contributed by atoms with Gasteiger partial charge in [0.1, 0.15) is 0 Å². The Bertz CT molecular complexity index is 584. The SMILES string of the molecule is CC(=O)NC(CC(=O)NCC1=CCNCC1)c1ccc(Cl)cc1. The van der Waals surface area contributed by atoms with Gasteiger partial charge in [0.05, 0.1) is 12.5 Å². The molecule has 0 aliphatic carbocycles. The number of amides is 2. The van der Waals surface area contributed by atoms with Gasteiger partial charge in [-0.1, -0.05) is 35.4 Å². The summed E-state index contributed by atoms with van der Waals surface area (Å²) in [7, 11) is 0. The van der Waals surface area contributed by atoms with Crippen molar-refractivity contribution < 1.29 is 9.59 Å². The fourth-order valence-corrected chi connectivity index (χ4v) is 2.62. The molecule has 1 aromatic carbocycles. The fourth-order valence-electron chi connectivity index (χ4n) is 2.49. The predicted molar refractivity (Wildman–Crippen MR) is 91.2 cm³/mol. The second-order valence-corrected chi connectivity index (χ2v) is 6.04. The van der Waals surface area contributed by atoms with Crippen molar-refractivity contribution in [2.75, 3.05) is 19.6 Å². The summed E-state index contributed by atoms with van der Waals surface area (Å²) < 4.78 is 0. The molecule has 5 nitrogen and oxygen atoms in total. The van der Waals surface area contributed by atoms with Crippen molar-refractivity contribution in [1.29, 1.82) is 0 Å². The number of nitrogens with one attached hydrogen (secondary N) is 3. The topological polar surface area (TPSA) is 70.2 Å². The lowest BCUT2D eigenvalue weighted by Crippen LogP contribution is -2.34. The zero-order chi connectivity index (χ0) is 16.7. The summed E-state index contributed by atoms with van der Waals surface area (Å²) >= 11 is 5.89. The molecule has 1 aromatic rings. The van der Waals surface area contributed by atoms with E-state index in [1.807, 2.05) is 12.1 Å². The van der Waals surface area contributed by atoms with E-state index >= 15 is 0 Å². The van der Waals surface area contributed by atoms with E-state index in [-0.39, 0.29) is 24.3 Å². The van der Waals surface area contributed by atoms with Gasteiger partial charge in [0, 0.05) is 25.0 Å². The molecule has 1 aliphatic rings. The van der Waals surface area contributed by atoms with Crippen LogP contribution in [0.3, 0.4) is 0 Å². The van der Waals surface area contributed by atoms with Crippen molar-refractivity contribution in [2.45, 2.75) is 25.8 Å². The molecule has 2 rings (SSSR count). The van der Waals surface area contributed by atoms with Crippen LogP contribution in [0.25, 0.3) is 0 Å². The Balaban J connectivity index is 1.93. The lowest BCUT2D eigenvalue weighted by Gasteiger charge is -2.19. The van der Waals surface area contributed by atoms with Gasteiger partial charge in [-0.05, 0) is 30.7 Å². The van der Waals surface area contributed by atoms with Crippen molar-refractivity contribution >= 4 is 23.4 Å². The summed E-state index contributed by atoms with van der Waals surface area (Å²) in [6.07, 6.45) is 3.26. The summed E-state index contributed by atoms with van der Waals surface area (Å²) in [5.41, 5.74) is 2.10. The highest BCUT2D eigenvalue weighted by molar-refractivity contribution is 6.30. The maximum atomic E-state index is 12.2. The Kier molecular flexibility index (Phi) is 6.62. The van der Waals surface area contributed by atoms with E-state index in [0.717, 1.165) is 25.1 Å². The molecule has 124 valence electrons. The van der Waals surface area contributed by atoms with Gasteiger partial charge in [0.15, 0.2) is 0 Å². The standard InChI is InChI=1S/C17H22ClN3O2/c1-12(22)21-16(14-2-4-15(18)5-3-14)10-17(23)20-11-13-6-8-19-9-7-13/h2-6,16,19H,7-11H2,1H3,(H,20,23)(H,21,22). The molecule has 0 fully saturated rings. The van der Waals surface area contributed by atoms with E-state index in [9.17, 15) is 9.59 Å². The largest absolute Gasteiger partial charge is 0.352 e. The summed E-state index contributed by atoms with van der Waals surface area (Å²) in [5, 5.41) is 9.60. The molecule has 0 aromatic heterocycles. The van der Waals surface area contributed by atoms with Gasteiger partial charge in [-0.25, -0.2) is 0 Å². The highest BCUT2D eigenvalue weighted by Crippen LogP contribution is 2.19. The van der Waals surface area contributed by atoms with Crippen LogP contribution in [0.4, 0.5) is 0 Å². The van der Waals surface area contributed by atoms with Crippen molar-refractivity contribution in [3.63, 3.8) is 0 Å². The zero-order valence-electron chi connectivity index (χ0n) is 13.2. The van der Waals surface area contributed by atoms with E-state index in [0.29, 0.717) is 11.6 Å². The molecule has 1 unspecified atom stereocenters.